The zero-order valence-corrected chi connectivity index (χ0v) is 11.4. The first-order chi connectivity index (χ1) is 9.88. The van der Waals surface area contributed by atoms with Gasteiger partial charge in [0, 0.05) is 31.5 Å². The van der Waals surface area contributed by atoms with E-state index in [0.717, 1.165) is 18.8 Å². The highest BCUT2D eigenvalue weighted by Gasteiger charge is 2.36. The highest BCUT2D eigenvalue weighted by atomic mass is 16.5. The summed E-state index contributed by atoms with van der Waals surface area (Å²) in [6.07, 6.45) is 6.27. The van der Waals surface area contributed by atoms with E-state index in [2.05, 4.69) is 34.1 Å². The highest BCUT2D eigenvalue weighted by molar-refractivity contribution is 5.33. The van der Waals surface area contributed by atoms with Crippen LogP contribution in [0.3, 0.4) is 0 Å². The third-order valence-corrected chi connectivity index (χ3v) is 4.37. The van der Waals surface area contributed by atoms with Crippen molar-refractivity contribution in [3.05, 3.63) is 59.9 Å². The predicted molar refractivity (Wildman–Crippen MR) is 77.9 cm³/mol. The Morgan fingerprint density at radius 2 is 1.60 bits per heavy atom. The largest absolute Gasteiger partial charge is 0.488 e. The van der Waals surface area contributed by atoms with E-state index in [1.165, 1.54) is 24.0 Å². The molecule has 3 nitrogen and oxygen atoms in total. The lowest BCUT2D eigenvalue weighted by Gasteiger charge is -2.42. The standard InChI is InChI=1S/C17H18N2O/c1-2-4-14-10-15(9-13(14)3-1)19-11-17(12-19)20-16-5-7-18-8-6-16/h1-8,15,17H,9-12H2. The normalized spacial score (nSPS) is 19.6. The Morgan fingerprint density at radius 3 is 2.25 bits per heavy atom. The average molecular weight is 266 g/mol. The monoisotopic (exact) mass is 266 g/mol. The van der Waals surface area contributed by atoms with Crippen molar-refractivity contribution in [3.63, 3.8) is 0 Å². The molecule has 0 radical (unpaired) electrons. The molecule has 0 amide bonds. The van der Waals surface area contributed by atoms with Crippen molar-refractivity contribution in [2.45, 2.75) is 25.0 Å². The maximum absolute atomic E-state index is 5.94. The van der Waals surface area contributed by atoms with Crippen LogP contribution in [-0.4, -0.2) is 35.1 Å². The van der Waals surface area contributed by atoms with E-state index in [0.29, 0.717) is 12.1 Å². The molecule has 2 heterocycles. The number of aromatic nitrogens is 1. The zero-order valence-electron chi connectivity index (χ0n) is 11.4. The van der Waals surface area contributed by atoms with Gasteiger partial charge >= 0.3 is 0 Å². The molecule has 20 heavy (non-hydrogen) atoms. The van der Waals surface area contributed by atoms with Crippen molar-refractivity contribution in [2.75, 3.05) is 13.1 Å². The van der Waals surface area contributed by atoms with Crippen LogP contribution >= 0.6 is 0 Å². The maximum atomic E-state index is 5.94. The third-order valence-electron chi connectivity index (χ3n) is 4.37. The molecule has 1 aliphatic carbocycles. The second kappa shape index (κ2) is 4.91. The Kier molecular flexibility index (Phi) is 2.92. The molecule has 1 saturated heterocycles. The topological polar surface area (TPSA) is 25.4 Å². The third kappa shape index (κ3) is 2.18. The molecule has 102 valence electrons. The molecule has 2 aliphatic rings. The Morgan fingerprint density at radius 1 is 0.950 bits per heavy atom. The average Bonchev–Trinajstić information content (AvgIpc) is 2.86. The molecule has 0 unspecified atom stereocenters. The van der Waals surface area contributed by atoms with Crippen molar-refractivity contribution in [3.8, 4) is 5.75 Å². The van der Waals surface area contributed by atoms with Gasteiger partial charge in [-0.15, -0.1) is 0 Å². The van der Waals surface area contributed by atoms with E-state index in [-0.39, 0.29) is 0 Å². The second-order valence-electron chi connectivity index (χ2n) is 5.71. The zero-order chi connectivity index (χ0) is 13.4. The predicted octanol–water partition coefficient (Wildman–Crippen LogP) is 2.31. The minimum atomic E-state index is 0.334. The maximum Gasteiger partial charge on any atom is 0.124 e. The van der Waals surface area contributed by atoms with Crippen molar-refractivity contribution in [1.29, 1.82) is 0 Å². The summed E-state index contributed by atoms with van der Waals surface area (Å²) < 4.78 is 5.94. The summed E-state index contributed by atoms with van der Waals surface area (Å²) in [5, 5.41) is 0. The minimum absolute atomic E-state index is 0.334. The van der Waals surface area contributed by atoms with Crippen molar-refractivity contribution >= 4 is 0 Å². The van der Waals surface area contributed by atoms with Crippen molar-refractivity contribution < 1.29 is 4.74 Å². The van der Waals surface area contributed by atoms with E-state index >= 15 is 0 Å². The van der Waals surface area contributed by atoms with Crippen LogP contribution < -0.4 is 4.74 Å². The first-order valence-corrected chi connectivity index (χ1v) is 7.26. The Balaban J connectivity index is 1.32. The van der Waals surface area contributed by atoms with Crippen LogP contribution in [0.1, 0.15) is 11.1 Å². The van der Waals surface area contributed by atoms with Gasteiger partial charge in [0.05, 0.1) is 0 Å². The molecular weight excluding hydrogens is 248 g/mol. The molecule has 3 heteroatoms. The second-order valence-corrected chi connectivity index (χ2v) is 5.71. The van der Waals surface area contributed by atoms with Gasteiger partial charge in [0.25, 0.3) is 0 Å². The molecule has 2 aromatic rings. The summed E-state index contributed by atoms with van der Waals surface area (Å²) in [7, 11) is 0. The molecule has 0 saturated carbocycles. The van der Waals surface area contributed by atoms with Crippen LogP contribution in [0.25, 0.3) is 0 Å². The van der Waals surface area contributed by atoms with E-state index in [9.17, 15) is 0 Å². The van der Waals surface area contributed by atoms with E-state index in [1.807, 2.05) is 12.1 Å². The molecule has 0 bridgehead atoms. The van der Waals surface area contributed by atoms with Crippen LogP contribution in [0.4, 0.5) is 0 Å². The Labute approximate surface area is 119 Å². The van der Waals surface area contributed by atoms with Gasteiger partial charge in [0.2, 0.25) is 0 Å². The summed E-state index contributed by atoms with van der Waals surface area (Å²) in [6, 6.07) is 13.3. The van der Waals surface area contributed by atoms with Gasteiger partial charge in [-0.25, -0.2) is 0 Å². The number of pyridine rings is 1. The van der Waals surface area contributed by atoms with Gasteiger partial charge in [-0.3, -0.25) is 9.88 Å². The number of benzene rings is 1. The van der Waals surface area contributed by atoms with Crippen molar-refractivity contribution in [1.82, 2.24) is 9.88 Å². The fraction of sp³-hybridized carbons (Fsp3) is 0.353. The summed E-state index contributed by atoms with van der Waals surface area (Å²) in [6.45, 7) is 2.09. The number of fused-ring (bicyclic) bond motifs is 1. The van der Waals surface area contributed by atoms with Gasteiger partial charge in [0.15, 0.2) is 0 Å². The van der Waals surface area contributed by atoms with Gasteiger partial charge in [0.1, 0.15) is 11.9 Å². The van der Waals surface area contributed by atoms with Crippen LogP contribution in [0.2, 0.25) is 0 Å². The van der Waals surface area contributed by atoms with E-state index in [1.54, 1.807) is 12.4 Å². The van der Waals surface area contributed by atoms with Gasteiger partial charge in [-0.2, -0.15) is 0 Å². The van der Waals surface area contributed by atoms with Crippen LogP contribution in [-0.2, 0) is 12.8 Å². The SMILES string of the molecule is c1ccc2c(c1)CC(N1CC(Oc3ccncc3)C1)C2. The fourth-order valence-corrected chi connectivity index (χ4v) is 3.25. The van der Waals surface area contributed by atoms with Gasteiger partial charge in [-0.05, 0) is 36.1 Å². The lowest BCUT2D eigenvalue weighted by atomic mass is 10.1. The highest BCUT2D eigenvalue weighted by Crippen LogP contribution is 2.29. The smallest absolute Gasteiger partial charge is 0.124 e. The number of likely N-dealkylation sites (tertiary alicyclic amines) is 1. The fourth-order valence-electron chi connectivity index (χ4n) is 3.25. The molecule has 4 rings (SSSR count). The quantitative estimate of drug-likeness (QED) is 0.852. The molecule has 0 N–H and O–H groups in total. The molecular formula is C17H18N2O. The van der Waals surface area contributed by atoms with Crippen LogP contribution in [0, 0.1) is 0 Å². The van der Waals surface area contributed by atoms with Crippen LogP contribution in [0.5, 0.6) is 5.75 Å². The Hall–Kier alpha value is -1.87. The molecule has 1 aromatic carbocycles. The number of nitrogens with zero attached hydrogens (tertiary/aromatic N) is 2. The number of rotatable bonds is 3. The number of ether oxygens (including phenoxy) is 1. The molecule has 0 atom stereocenters. The number of hydrogen-bond donors (Lipinski definition) is 0. The molecule has 1 aliphatic heterocycles. The van der Waals surface area contributed by atoms with Crippen molar-refractivity contribution in [2.24, 2.45) is 0 Å². The Bertz CT molecular complexity index is 568. The lowest BCUT2D eigenvalue weighted by molar-refractivity contribution is -0.00656. The van der Waals surface area contributed by atoms with Gasteiger partial charge < -0.3 is 4.74 Å². The summed E-state index contributed by atoms with van der Waals surface area (Å²) >= 11 is 0. The molecule has 0 spiro atoms. The molecule has 1 fully saturated rings. The number of hydrogen-bond acceptors (Lipinski definition) is 3. The first kappa shape index (κ1) is 11.9. The lowest BCUT2D eigenvalue weighted by Crippen LogP contribution is -2.58. The van der Waals surface area contributed by atoms with E-state index in [4.69, 9.17) is 4.74 Å². The molecule has 1 aromatic heterocycles. The van der Waals surface area contributed by atoms with Crippen LogP contribution in [0.15, 0.2) is 48.8 Å². The first-order valence-electron chi connectivity index (χ1n) is 7.26. The summed E-state index contributed by atoms with van der Waals surface area (Å²) in [5.41, 5.74) is 3.05. The minimum Gasteiger partial charge on any atom is -0.488 e. The summed E-state index contributed by atoms with van der Waals surface area (Å²) in [5.74, 6) is 0.930. The van der Waals surface area contributed by atoms with E-state index < -0.39 is 0 Å². The summed E-state index contributed by atoms with van der Waals surface area (Å²) in [4.78, 5) is 6.55. The van der Waals surface area contributed by atoms with Gasteiger partial charge in [-0.1, -0.05) is 24.3 Å².